The van der Waals surface area contributed by atoms with Crippen molar-refractivity contribution < 1.29 is 23.7 Å². The van der Waals surface area contributed by atoms with Crippen LogP contribution in [0, 0.1) is 6.92 Å². The van der Waals surface area contributed by atoms with E-state index < -0.39 is 13.4 Å². The van der Waals surface area contributed by atoms with E-state index in [2.05, 4.69) is 35.7 Å². The minimum Gasteiger partial charge on any atom is -0.323 e. The molecule has 0 bridgehead atoms. The monoisotopic (exact) mass is 425 g/mol. The Morgan fingerprint density at radius 1 is 1.18 bits per heavy atom. The quantitative estimate of drug-likeness (QED) is 0.370. The number of ketones is 1. The Morgan fingerprint density at radius 3 is 2.50 bits per heavy atom. The van der Waals surface area contributed by atoms with Gasteiger partial charge in [0.25, 0.3) is 0 Å². The highest BCUT2D eigenvalue weighted by atomic mass is 32.1. The highest BCUT2D eigenvalue weighted by Gasteiger charge is 2.24. The summed E-state index contributed by atoms with van der Waals surface area (Å²) in [5.74, 6) is 0.142. The van der Waals surface area contributed by atoms with Gasteiger partial charge in [0.05, 0.1) is 11.5 Å². The summed E-state index contributed by atoms with van der Waals surface area (Å²) < 4.78 is 15.3. The number of hydrogen-bond donors (Lipinski definition) is 3. The fourth-order valence-electron chi connectivity index (χ4n) is 2.71. The average Bonchev–Trinajstić information content (AvgIpc) is 3.09. The summed E-state index contributed by atoms with van der Waals surface area (Å²) in [6, 6.07) is 12.1. The molecular weight excluding hydrogens is 397 g/mol. The van der Waals surface area contributed by atoms with Gasteiger partial charge in [-0.05, 0) is 57.2 Å². The van der Waals surface area contributed by atoms with Crippen LogP contribution in [0.15, 0.2) is 36.4 Å². The molecular formula is C20H28NO5PS. The number of carbonyl (C=O) groups is 1. The molecule has 0 saturated carbocycles. The topological polar surface area (TPSA) is 110 Å². The highest BCUT2D eigenvalue weighted by molar-refractivity contribution is 7.46. The van der Waals surface area contributed by atoms with Crippen LogP contribution in [0.3, 0.4) is 0 Å². The Bertz CT molecular complexity index is 825. The van der Waals surface area contributed by atoms with Crippen molar-refractivity contribution in [2.75, 3.05) is 6.61 Å². The first kappa shape index (κ1) is 22.9. The van der Waals surface area contributed by atoms with Crippen LogP contribution in [0.2, 0.25) is 0 Å². The summed E-state index contributed by atoms with van der Waals surface area (Å²) in [7, 11) is -4.52. The lowest BCUT2D eigenvalue weighted by Gasteiger charge is -2.24. The number of carbonyl (C=O) groups excluding carboxylic acids is 1. The molecule has 154 valence electrons. The zero-order chi connectivity index (χ0) is 20.8. The summed E-state index contributed by atoms with van der Waals surface area (Å²) >= 11 is 1.45. The fourth-order valence-corrected chi connectivity index (χ4v) is 4.14. The molecule has 1 heterocycles. The van der Waals surface area contributed by atoms with E-state index in [4.69, 9.17) is 15.5 Å². The lowest BCUT2D eigenvalue weighted by Crippen LogP contribution is -2.41. The lowest BCUT2D eigenvalue weighted by atomic mass is 9.98. The minimum absolute atomic E-state index is 0.142. The third kappa shape index (κ3) is 8.35. The zero-order valence-corrected chi connectivity index (χ0v) is 18.0. The van der Waals surface area contributed by atoms with E-state index in [1.807, 2.05) is 12.1 Å². The van der Waals surface area contributed by atoms with Crippen LogP contribution in [0.5, 0.6) is 0 Å². The number of nitrogens with two attached hydrogens (primary N) is 1. The molecule has 0 amide bonds. The van der Waals surface area contributed by atoms with Crippen LogP contribution in [0.1, 0.15) is 51.9 Å². The molecule has 2 rings (SSSR count). The van der Waals surface area contributed by atoms with Gasteiger partial charge in [-0.1, -0.05) is 29.8 Å². The molecule has 0 unspecified atom stereocenters. The summed E-state index contributed by atoms with van der Waals surface area (Å²) in [5.41, 5.74) is 7.65. The van der Waals surface area contributed by atoms with E-state index in [1.54, 1.807) is 6.92 Å². The first-order valence-electron chi connectivity index (χ1n) is 9.20. The van der Waals surface area contributed by atoms with Gasteiger partial charge >= 0.3 is 7.82 Å². The van der Waals surface area contributed by atoms with Gasteiger partial charge in [0.1, 0.15) is 0 Å². The van der Waals surface area contributed by atoms with E-state index >= 15 is 0 Å². The van der Waals surface area contributed by atoms with Gasteiger partial charge in [-0.2, -0.15) is 0 Å². The number of hydrogen-bond acceptors (Lipinski definition) is 5. The Balaban J connectivity index is 1.78. The molecule has 0 aliphatic heterocycles. The molecule has 1 atom stereocenters. The first-order chi connectivity index (χ1) is 13.0. The van der Waals surface area contributed by atoms with Crippen LogP contribution in [-0.2, 0) is 21.9 Å². The number of Topliss-reactive ketones (excluding diaryl/α,β-unsaturated/α-hetero) is 1. The van der Waals surface area contributed by atoms with E-state index in [9.17, 15) is 9.36 Å². The summed E-state index contributed by atoms with van der Waals surface area (Å²) in [4.78, 5) is 31.7. The molecule has 0 fully saturated rings. The molecule has 4 N–H and O–H groups in total. The Hall–Kier alpha value is -1.34. The van der Waals surface area contributed by atoms with E-state index in [0.29, 0.717) is 19.3 Å². The molecule has 0 aliphatic rings. The average molecular weight is 425 g/mol. The normalized spacial score (nSPS) is 14.0. The SMILES string of the molecule is Cc1ccc(CCCC(=O)c2ccc(CC[C@@](C)(N)COP(=O)(O)O)s2)cc1. The number of rotatable bonds is 11. The van der Waals surface area contributed by atoms with E-state index in [-0.39, 0.29) is 12.4 Å². The predicted octanol–water partition coefficient (Wildman–Crippen LogP) is 4.02. The second kappa shape index (κ2) is 9.92. The Morgan fingerprint density at radius 2 is 1.86 bits per heavy atom. The predicted molar refractivity (Wildman–Crippen MR) is 112 cm³/mol. The second-order valence-corrected chi connectivity index (χ2v) is 9.85. The van der Waals surface area contributed by atoms with Gasteiger partial charge < -0.3 is 15.5 Å². The number of aryl methyl sites for hydroxylation is 3. The van der Waals surface area contributed by atoms with Crippen LogP contribution >= 0.6 is 19.2 Å². The Labute approximate surface area is 170 Å². The maximum Gasteiger partial charge on any atom is 0.469 e. The van der Waals surface area contributed by atoms with E-state index in [0.717, 1.165) is 22.6 Å². The van der Waals surface area contributed by atoms with Crippen molar-refractivity contribution in [3.63, 3.8) is 0 Å². The largest absolute Gasteiger partial charge is 0.469 e. The molecule has 1 aromatic heterocycles. The molecule has 0 aliphatic carbocycles. The molecule has 28 heavy (non-hydrogen) atoms. The van der Waals surface area contributed by atoms with Crippen molar-refractivity contribution in [1.29, 1.82) is 0 Å². The van der Waals surface area contributed by atoms with Gasteiger partial charge in [-0.25, -0.2) is 4.57 Å². The number of phosphoric acid groups is 1. The molecule has 2 aromatic rings. The van der Waals surface area contributed by atoms with Gasteiger partial charge in [0.15, 0.2) is 5.78 Å². The molecule has 8 heteroatoms. The molecule has 0 radical (unpaired) electrons. The van der Waals surface area contributed by atoms with Crippen LogP contribution in [0.4, 0.5) is 0 Å². The van der Waals surface area contributed by atoms with Crippen molar-refractivity contribution >= 4 is 24.9 Å². The fraction of sp³-hybridized carbons (Fsp3) is 0.450. The molecule has 6 nitrogen and oxygen atoms in total. The third-order valence-electron chi connectivity index (χ3n) is 4.43. The van der Waals surface area contributed by atoms with Gasteiger partial charge in [-0.3, -0.25) is 9.32 Å². The summed E-state index contributed by atoms with van der Waals surface area (Å²) in [6.45, 7) is 3.51. The van der Waals surface area contributed by atoms with Crippen molar-refractivity contribution in [2.24, 2.45) is 5.73 Å². The Kier molecular flexibility index (Phi) is 8.13. The van der Waals surface area contributed by atoms with Crippen molar-refractivity contribution in [2.45, 2.75) is 51.5 Å². The van der Waals surface area contributed by atoms with Crippen LogP contribution in [-0.4, -0.2) is 27.7 Å². The van der Waals surface area contributed by atoms with Crippen molar-refractivity contribution in [3.8, 4) is 0 Å². The van der Waals surface area contributed by atoms with Crippen molar-refractivity contribution in [3.05, 3.63) is 57.3 Å². The molecule has 0 spiro atoms. The van der Waals surface area contributed by atoms with E-state index in [1.165, 1.54) is 22.5 Å². The minimum atomic E-state index is -4.52. The third-order valence-corrected chi connectivity index (χ3v) is 6.08. The van der Waals surface area contributed by atoms with Crippen molar-refractivity contribution in [1.82, 2.24) is 0 Å². The molecule has 1 aromatic carbocycles. The maximum absolute atomic E-state index is 12.4. The standard InChI is InChI=1S/C20H28NO5PS/c1-15-6-8-16(9-7-15)4-3-5-18(22)19-11-10-17(28-19)12-13-20(2,21)14-26-27(23,24)25/h6-11H,3-5,12-14,21H2,1-2H3,(H2,23,24,25)/t20-/m1/s1. The van der Waals surface area contributed by atoms with Gasteiger partial charge in [0, 0.05) is 16.8 Å². The van der Waals surface area contributed by atoms with Crippen LogP contribution < -0.4 is 5.73 Å². The number of thiophene rings is 1. The van der Waals surface area contributed by atoms with Crippen LogP contribution in [0.25, 0.3) is 0 Å². The zero-order valence-electron chi connectivity index (χ0n) is 16.3. The smallest absolute Gasteiger partial charge is 0.323 e. The lowest BCUT2D eigenvalue weighted by molar-refractivity contribution is 0.0984. The number of benzene rings is 1. The first-order valence-corrected chi connectivity index (χ1v) is 11.6. The van der Waals surface area contributed by atoms with Gasteiger partial charge in [0.2, 0.25) is 0 Å². The van der Waals surface area contributed by atoms with Gasteiger partial charge in [-0.15, -0.1) is 11.3 Å². The summed E-state index contributed by atoms with van der Waals surface area (Å²) in [5, 5.41) is 0. The maximum atomic E-state index is 12.4. The second-order valence-electron chi connectivity index (χ2n) is 7.45. The summed E-state index contributed by atoms with van der Waals surface area (Å²) in [6.07, 6.45) is 3.33. The number of phosphoric ester groups is 1. The molecule has 0 saturated heterocycles. The highest BCUT2D eigenvalue weighted by Crippen LogP contribution is 2.37.